The number of nitrogens with one attached hydrogen (secondary N) is 1. The van der Waals surface area contributed by atoms with Crippen LogP contribution in [0.4, 0.5) is 0 Å². The number of hydrogen-bond donors (Lipinski definition) is 1. The van der Waals surface area contributed by atoms with Crippen molar-refractivity contribution < 1.29 is 4.79 Å². The van der Waals surface area contributed by atoms with Gasteiger partial charge in [0.2, 0.25) is 5.91 Å². The molecule has 0 aliphatic heterocycles. The van der Waals surface area contributed by atoms with Crippen LogP contribution in [0.2, 0.25) is 0 Å². The maximum Gasteiger partial charge on any atom is 0.225 e. The summed E-state index contributed by atoms with van der Waals surface area (Å²) in [7, 11) is 0. The van der Waals surface area contributed by atoms with Crippen molar-refractivity contribution in [1.29, 1.82) is 0 Å². The Labute approximate surface area is 118 Å². The van der Waals surface area contributed by atoms with Crippen molar-refractivity contribution in [1.82, 2.24) is 14.9 Å². The Hall–Kier alpha value is -1.14. The third-order valence-corrected chi connectivity index (χ3v) is 4.04. The van der Waals surface area contributed by atoms with E-state index in [9.17, 15) is 4.79 Å². The average Bonchev–Trinajstić information content (AvgIpc) is 2.90. The molecule has 2 rings (SSSR count). The Balaban J connectivity index is 1.80. The number of hydrogen-bond acceptors (Lipinski definition) is 3. The molecule has 0 saturated heterocycles. The predicted molar refractivity (Wildman–Crippen MR) is 75.6 cm³/mol. The van der Waals surface area contributed by atoms with E-state index in [1.807, 2.05) is 29.8 Å². The monoisotopic (exact) mass is 327 g/mol. The number of carbonyl (C=O) groups excluding carboxylic acids is 1. The van der Waals surface area contributed by atoms with Gasteiger partial charge in [-0.1, -0.05) is 0 Å². The van der Waals surface area contributed by atoms with Gasteiger partial charge in [0.05, 0.1) is 16.5 Å². The highest BCUT2D eigenvalue weighted by atomic mass is 79.9. The lowest BCUT2D eigenvalue weighted by atomic mass is 10.3. The standard InChI is InChI=1S/C12H14BrN3OS/c1-9(7-16-5-4-14-8-16)15-12(17)6-10-2-3-11(13)18-10/h2-5,8-9H,6-7H2,1H3,(H,15,17)/t9-/m1/s1. The van der Waals surface area contributed by atoms with E-state index in [0.29, 0.717) is 6.42 Å². The molecule has 2 aromatic rings. The molecule has 0 aromatic carbocycles. The minimum absolute atomic E-state index is 0.0527. The number of aromatic nitrogens is 2. The van der Waals surface area contributed by atoms with E-state index >= 15 is 0 Å². The lowest BCUT2D eigenvalue weighted by molar-refractivity contribution is -0.121. The first-order valence-electron chi connectivity index (χ1n) is 5.63. The van der Waals surface area contributed by atoms with Gasteiger partial charge in [0.15, 0.2) is 0 Å². The van der Waals surface area contributed by atoms with Crippen LogP contribution in [0.25, 0.3) is 0 Å². The highest BCUT2D eigenvalue weighted by Gasteiger charge is 2.09. The number of amides is 1. The summed E-state index contributed by atoms with van der Waals surface area (Å²) in [6.45, 7) is 2.72. The summed E-state index contributed by atoms with van der Waals surface area (Å²) < 4.78 is 3.00. The summed E-state index contributed by atoms with van der Waals surface area (Å²) in [6, 6.07) is 4.02. The topological polar surface area (TPSA) is 46.9 Å². The van der Waals surface area contributed by atoms with Crippen LogP contribution in [0.1, 0.15) is 11.8 Å². The molecule has 0 bridgehead atoms. The zero-order valence-electron chi connectivity index (χ0n) is 9.97. The van der Waals surface area contributed by atoms with E-state index in [-0.39, 0.29) is 11.9 Å². The number of rotatable bonds is 5. The second-order valence-corrected chi connectivity index (χ2v) is 6.66. The van der Waals surface area contributed by atoms with Gasteiger partial charge in [-0.2, -0.15) is 0 Å². The molecule has 18 heavy (non-hydrogen) atoms. The molecular formula is C12H14BrN3OS. The maximum atomic E-state index is 11.8. The fourth-order valence-corrected chi connectivity index (χ4v) is 3.17. The van der Waals surface area contributed by atoms with Gasteiger partial charge < -0.3 is 9.88 Å². The first-order chi connectivity index (χ1) is 8.63. The maximum absolute atomic E-state index is 11.8. The molecule has 96 valence electrons. The molecule has 0 unspecified atom stereocenters. The van der Waals surface area contributed by atoms with E-state index in [0.717, 1.165) is 15.2 Å². The fraction of sp³-hybridized carbons (Fsp3) is 0.333. The minimum Gasteiger partial charge on any atom is -0.352 e. The van der Waals surface area contributed by atoms with Gasteiger partial charge in [-0.25, -0.2) is 4.98 Å². The first-order valence-corrected chi connectivity index (χ1v) is 7.24. The van der Waals surface area contributed by atoms with Gasteiger partial charge in [-0.3, -0.25) is 4.79 Å². The third-order valence-electron chi connectivity index (χ3n) is 2.41. The Morgan fingerprint density at radius 3 is 3.06 bits per heavy atom. The van der Waals surface area contributed by atoms with Crippen LogP contribution >= 0.6 is 27.3 Å². The van der Waals surface area contributed by atoms with E-state index < -0.39 is 0 Å². The molecular weight excluding hydrogens is 314 g/mol. The average molecular weight is 328 g/mol. The number of nitrogens with zero attached hydrogens (tertiary/aromatic N) is 2. The third kappa shape index (κ3) is 3.96. The Morgan fingerprint density at radius 1 is 1.61 bits per heavy atom. The molecule has 0 saturated carbocycles. The molecule has 4 nitrogen and oxygen atoms in total. The summed E-state index contributed by atoms with van der Waals surface area (Å²) in [5.41, 5.74) is 0. The van der Waals surface area contributed by atoms with Crippen LogP contribution in [0, 0.1) is 0 Å². The molecule has 2 aromatic heterocycles. The molecule has 1 N–H and O–H groups in total. The molecule has 1 amide bonds. The zero-order valence-corrected chi connectivity index (χ0v) is 12.4. The highest BCUT2D eigenvalue weighted by molar-refractivity contribution is 9.11. The largest absolute Gasteiger partial charge is 0.352 e. The summed E-state index contributed by atoms with van der Waals surface area (Å²) in [6.07, 6.45) is 5.81. The fourth-order valence-electron chi connectivity index (χ4n) is 1.69. The Morgan fingerprint density at radius 2 is 2.44 bits per heavy atom. The van der Waals surface area contributed by atoms with E-state index in [1.54, 1.807) is 23.9 Å². The summed E-state index contributed by atoms with van der Waals surface area (Å²) in [5.74, 6) is 0.0527. The normalized spacial score (nSPS) is 12.3. The van der Waals surface area contributed by atoms with Crippen molar-refractivity contribution >= 4 is 33.2 Å². The molecule has 6 heteroatoms. The number of carbonyl (C=O) groups is 1. The van der Waals surface area contributed by atoms with Crippen molar-refractivity contribution in [2.24, 2.45) is 0 Å². The van der Waals surface area contributed by atoms with Crippen molar-refractivity contribution in [2.75, 3.05) is 0 Å². The summed E-state index contributed by atoms with van der Waals surface area (Å²) in [4.78, 5) is 16.9. The second kappa shape index (κ2) is 6.15. The molecule has 0 spiro atoms. The Bertz CT molecular complexity index is 509. The first kappa shape index (κ1) is 13.3. The lowest BCUT2D eigenvalue weighted by Crippen LogP contribution is -2.36. The van der Waals surface area contributed by atoms with Crippen molar-refractivity contribution in [3.8, 4) is 0 Å². The van der Waals surface area contributed by atoms with Gasteiger partial charge in [-0.15, -0.1) is 11.3 Å². The molecule has 0 aliphatic carbocycles. The zero-order chi connectivity index (χ0) is 13.0. The van der Waals surface area contributed by atoms with Gasteiger partial charge in [0.1, 0.15) is 0 Å². The van der Waals surface area contributed by atoms with E-state index in [4.69, 9.17) is 0 Å². The van der Waals surface area contributed by atoms with Gasteiger partial charge >= 0.3 is 0 Å². The smallest absolute Gasteiger partial charge is 0.225 e. The Kier molecular flexibility index (Phi) is 4.54. The van der Waals surface area contributed by atoms with Gasteiger partial charge in [0, 0.05) is 29.9 Å². The molecule has 2 heterocycles. The van der Waals surface area contributed by atoms with Gasteiger partial charge in [0.25, 0.3) is 0 Å². The van der Waals surface area contributed by atoms with Crippen molar-refractivity contribution in [3.05, 3.63) is 39.5 Å². The van der Waals surface area contributed by atoms with Crippen molar-refractivity contribution in [3.63, 3.8) is 0 Å². The number of thiophene rings is 1. The molecule has 1 atom stereocenters. The van der Waals surface area contributed by atoms with E-state index in [2.05, 4.69) is 26.2 Å². The van der Waals surface area contributed by atoms with Crippen LogP contribution in [-0.4, -0.2) is 21.5 Å². The summed E-state index contributed by atoms with van der Waals surface area (Å²) >= 11 is 4.98. The summed E-state index contributed by atoms with van der Waals surface area (Å²) in [5, 5.41) is 2.98. The van der Waals surface area contributed by atoms with E-state index in [1.165, 1.54) is 0 Å². The number of imidazole rings is 1. The number of halogens is 1. The quantitative estimate of drug-likeness (QED) is 0.916. The lowest BCUT2D eigenvalue weighted by Gasteiger charge is -2.13. The van der Waals surface area contributed by atoms with Crippen LogP contribution in [0.15, 0.2) is 34.6 Å². The molecule has 0 fully saturated rings. The highest BCUT2D eigenvalue weighted by Crippen LogP contribution is 2.22. The van der Waals surface area contributed by atoms with Crippen LogP contribution in [0.3, 0.4) is 0 Å². The second-order valence-electron chi connectivity index (χ2n) is 4.11. The predicted octanol–water partition coefficient (Wildman–Crippen LogP) is 2.45. The minimum atomic E-state index is 0.0527. The van der Waals surface area contributed by atoms with Crippen LogP contribution < -0.4 is 5.32 Å². The van der Waals surface area contributed by atoms with Crippen molar-refractivity contribution in [2.45, 2.75) is 25.9 Å². The molecule has 0 aliphatic rings. The van der Waals surface area contributed by atoms with Crippen LogP contribution in [-0.2, 0) is 17.8 Å². The SMILES string of the molecule is C[C@H](Cn1ccnc1)NC(=O)Cc1ccc(Br)s1. The van der Waals surface area contributed by atoms with Gasteiger partial charge in [-0.05, 0) is 35.0 Å². The van der Waals surface area contributed by atoms with Crippen LogP contribution in [0.5, 0.6) is 0 Å². The molecule has 0 radical (unpaired) electrons.